The average molecular weight is 510 g/mol. The van der Waals surface area contributed by atoms with Crippen molar-refractivity contribution in [1.82, 2.24) is 4.90 Å². The third kappa shape index (κ3) is 7.70. The lowest BCUT2D eigenvalue weighted by molar-refractivity contribution is -0.131. The number of methoxy groups -OCH3 is 1. The first-order chi connectivity index (χ1) is 18.5. The second kappa shape index (κ2) is 13.5. The zero-order valence-corrected chi connectivity index (χ0v) is 22.2. The molecular formula is C33H35NO4. The fourth-order valence-electron chi connectivity index (χ4n) is 4.49. The van der Waals surface area contributed by atoms with Gasteiger partial charge in [-0.25, -0.2) is 0 Å². The van der Waals surface area contributed by atoms with E-state index in [2.05, 4.69) is 84.6 Å². The van der Waals surface area contributed by atoms with Crippen LogP contribution in [0.2, 0.25) is 0 Å². The molecule has 0 aliphatic carbocycles. The first-order valence-electron chi connectivity index (χ1n) is 12.9. The van der Waals surface area contributed by atoms with Gasteiger partial charge in [-0.05, 0) is 47.9 Å². The van der Waals surface area contributed by atoms with Gasteiger partial charge in [0.1, 0.15) is 23.9 Å². The van der Waals surface area contributed by atoms with Crippen LogP contribution in [-0.2, 0) is 11.3 Å². The Balaban J connectivity index is 1.57. The third-order valence-corrected chi connectivity index (χ3v) is 6.55. The van der Waals surface area contributed by atoms with Crippen LogP contribution in [0.15, 0.2) is 109 Å². The minimum absolute atomic E-state index is 0.101. The van der Waals surface area contributed by atoms with Crippen molar-refractivity contribution >= 4 is 5.97 Å². The van der Waals surface area contributed by atoms with E-state index in [4.69, 9.17) is 14.2 Å². The van der Waals surface area contributed by atoms with Gasteiger partial charge in [-0.3, -0.25) is 9.69 Å². The number of rotatable bonds is 12. The maximum absolute atomic E-state index is 11.4. The molecule has 1 atom stereocenters. The molecule has 0 N–H and O–H groups in total. The lowest BCUT2D eigenvalue weighted by atomic mass is 9.90. The number of esters is 1. The fraction of sp³-hybridized carbons (Fsp3) is 0.242. The zero-order chi connectivity index (χ0) is 26.7. The molecule has 0 aliphatic rings. The first-order valence-corrected chi connectivity index (χ1v) is 12.9. The minimum atomic E-state index is -0.353. The van der Waals surface area contributed by atoms with Crippen LogP contribution in [0.5, 0.6) is 17.2 Å². The lowest BCUT2D eigenvalue weighted by Gasteiger charge is -2.33. The predicted molar refractivity (Wildman–Crippen MR) is 151 cm³/mol. The van der Waals surface area contributed by atoms with Crippen molar-refractivity contribution in [3.05, 3.63) is 126 Å². The second-order valence-corrected chi connectivity index (χ2v) is 9.38. The summed E-state index contributed by atoms with van der Waals surface area (Å²) in [5.74, 6) is 1.84. The SMILES string of the molecule is COc1ccc(CN(CC(c2ccccc2)c2ccccc2)C(C)COc2cccc(OC(C)=O)c2)cc1. The van der Waals surface area contributed by atoms with E-state index in [1.165, 1.54) is 23.6 Å². The van der Waals surface area contributed by atoms with Crippen LogP contribution in [0.25, 0.3) is 0 Å². The van der Waals surface area contributed by atoms with E-state index in [-0.39, 0.29) is 17.9 Å². The predicted octanol–water partition coefficient (Wildman–Crippen LogP) is 6.72. The maximum atomic E-state index is 11.4. The van der Waals surface area contributed by atoms with Gasteiger partial charge in [-0.15, -0.1) is 0 Å². The Morgan fingerprint density at radius 3 is 1.95 bits per heavy atom. The highest BCUT2D eigenvalue weighted by atomic mass is 16.5. The number of hydrogen-bond acceptors (Lipinski definition) is 5. The van der Waals surface area contributed by atoms with E-state index in [1.807, 2.05) is 24.3 Å². The normalized spacial score (nSPS) is 11.8. The van der Waals surface area contributed by atoms with Gasteiger partial charge in [0.15, 0.2) is 0 Å². The summed E-state index contributed by atoms with van der Waals surface area (Å²) in [7, 11) is 1.68. The molecule has 0 radical (unpaired) electrons. The Morgan fingerprint density at radius 2 is 1.37 bits per heavy atom. The Hall–Kier alpha value is -4.09. The molecule has 0 bridgehead atoms. The van der Waals surface area contributed by atoms with Crippen LogP contribution in [-0.4, -0.2) is 37.2 Å². The Bertz CT molecular complexity index is 1240. The summed E-state index contributed by atoms with van der Waals surface area (Å²) in [6.45, 7) is 5.64. The Labute approximate surface area is 225 Å². The largest absolute Gasteiger partial charge is 0.497 e. The van der Waals surface area contributed by atoms with Crippen LogP contribution < -0.4 is 14.2 Å². The summed E-state index contributed by atoms with van der Waals surface area (Å²) in [6.07, 6.45) is 0. The van der Waals surface area contributed by atoms with E-state index in [0.29, 0.717) is 18.1 Å². The van der Waals surface area contributed by atoms with Crippen molar-refractivity contribution < 1.29 is 19.0 Å². The highest BCUT2D eigenvalue weighted by molar-refractivity contribution is 5.69. The van der Waals surface area contributed by atoms with Gasteiger partial charge < -0.3 is 14.2 Å². The minimum Gasteiger partial charge on any atom is -0.497 e. The van der Waals surface area contributed by atoms with Gasteiger partial charge in [-0.2, -0.15) is 0 Å². The van der Waals surface area contributed by atoms with Gasteiger partial charge in [0.05, 0.1) is 7.11 Å². The van der Waals surface area contributed by atoms with E-state index < -0.39 is 0 Å². The quantitative estimate of drug-likeness (QED) is 0.157. The van der Waals surface area contributed by atoms with Crippen LogP contribution in [0, 0.1) is 0 Å². The molecule has 0 spiro atoms. The molecule has 0 saturated heterocycles. The van der Waals surface area contributed by atoms with Gasteiger partial charge in [-0.1, -0.05) is 78.9 Å². The van der Waals surface area contributed by atoms with Gasteiger partial charge >= 0.3 is 5.97 Å². The maximum Gasteiger partial charge on any atom is 0.308 e. The monoisotopic (exact) mass is 509 g/mol. The smallest absolute Gasteiger partial charge is 0.308 e. The summed E-state index contributed by atoms with van der Waals surface area (Å²) >= 11 is 0. The average Bonchev–Trinajstić information content (AvgIpc) is 2.95. The summed E-state index contributed by atoms with van der Waals surface area (Å²) in [6, 6.07) is 36.8. The molecule has 0 aliphatic heterocycles. The summed E-state index contributed by atoms with van der Waals surface area (Å²) < 4.78 is 16.8. The summed E-state index contributed by atoms with van der Waals surface area (Å²) in [5.41, 5.74) is 3.76. The van der Waals surface area contributed by atoms with Gasteiger partial charge in [0.2, 0.25) is 0 Å². The molecule has 0 heterocycles. The Morgan fingerprint density at radius 1 is 0.763 bits per heavy atom. The number of carbonyl (C=O) groups is 1. The molecule has 38 heavy (non-hydrogen) atoms. The van der Waals surface area contributed by atoms with Crippen molar-refractivity contribution in [2.45, 2.75) is 32.4 Å². The summed E-state index contributed by atoms with van der Waals surface area (Å²) in [5, 5.41) is 0. The molecule has 4 rings (SSSR count). The Kier molecular flexibility index (Phi) is 9.54. The van der Waals surface area contributed by atoms with Crippen LogP contribution in [0.3, 0.4) is 0 Å². The van der Waals surface area contributed by atoms with E-state index in [1.54, 1.807) is 19.2 Å². The molecular weight excluding hydrogens is 474 g/mol. The molecule has 5 heteroatoms. The zero-order valence-electron chi connectivity index (χ0n) is 22.2. The van der Waals surface area contributed by atoms with Crippen molar-refractivity contribution in [2.24, 2.45) is 0 Å². The van der Waals surface area contributed by atoms with Crippen molar-refractivity contribution in [3.8, 4) is 17.2 Å². The van der Waals surface area contributed by atoms with Crippen LogP contribution in [0.4, 0.5) is 0 Å². The highest BCUT2D eigenvalue weighted by Gasteiger charge is 2.23. The van der Waals surface area contributed by atoms with Gasteiger partial charge in [0.25, 0.3) is 0 Å². The molecule has 0 saturated carbocycles. The molecule has 4 aromatic carbocycles. The van der Waals surface area contributed by atoms with Crippen molar-refractivity contribution in [1.29, 1.82) is 0 Å². The standard InChI is InChI=1S/C33H35NO4/c1-25(24-37-31-15-10-16-32(21-31)38-26(2)35)34(22-27-17-19-30(36-3)20-18-27)23-33(28-11-6-4-7-12-28)29-13-8-5-9-14-29/h4-21,25,33H,22-24H2,1-3H3. The highest BCUT2D eigenvalue weighted by Crippen LogP contribution is 2.28. The number of ether oxygens (including phenoxy) is 3. The molecule has 4 aromatic rings. The van der Waals surface area contributed by atoms with E-state index in [9.17, 15) is 4.79 Å². The van der Waals surface area contributed by atoms with Crippen molar-refractivity contribution in [3.63, 3.8) is 0 Å². The van der Waals surface area contributed by atoms with Gasteiger partial charge in [0, 0.05) is 38.0 Å². The molecule has 1 unspecified atom stereocenters. The second-order valence-electron chi connectivity index (χ2n) is 9.38. The molecule has 5 nitrogen and oxygen atoms in total. The van der Waals surface area contributed by atoms with Crippen LogP contribution >= 0.6 is 0 Å². The topological polar surface area (TPSA) is 48.0 Å². The van der Waals surface area contributed by atoms with Crippen molar-refractivity contribution in [2.75, 3.05) is 20.3 Å². The molecule has 196 valence electrons. The molecule has 0 aromatic heterocycles. The number of hydrogen-bond donors (Lipinski definition) is 0. The number of benzene rings is 4. The number of nitrogens with zero attached hydrogens (tertiary/aromatic N) is 1. The van der Waals surface area contributed by atoms with Crippen LogP contribution in [0.1, 0.15) is 36.5 Å². The van der Waals surface area contributed by atoms with E-state index >= 15 is 0 Å². The summed E-state index contributed by atoms with van der Waals surface area (Å²) in [4.78, 5) is 13.8. The third-order valence-electron chi connectivity index (χ3n) is 6.55. The number of carbonyl (C=O) groups excluding carboxylic acids is 1. The lowest BCUT2D eigenvalue weighted by Crippen LogP contribution is -2.39. The van der Waals surface area contributed by atoms with E-state index in [0.717, 1.165) is 18.8 Å². The fourth-order valence-corrected chi connectivity index (χ4v) is 4.49. The molecule has 0 amide bonds. The molecule has 0 fully saturated rings. The first kappa shape index (κ1) is 27.0.